The van der Waals surface area contributed by atoms with Crippen LogP contribution in [-0.2, 0) is 19.1 Å². The molecule has 0 saturated carbocycles. The zero-order valence-corrected chi connectivity index (χ0v) is 16.1. The molecule has 0 aliphatic heterocycles. The van der Waals surface area contributed by atoms with Gasteiger partial charge in [0, 0.05) is 12.8 Å². The van der Waals surface area contributed by atoms with E-state index in [0.717, 1.165) is 6.42 Å². The van der Waals surface area contributed by atoms with Gasteiger partial charge in [-0.2, -0.15) is 0 Å². The molecule has 0 aromatic rings. The largest absolute Gasteiger partial charge is 0.461 e. The highest BCUT2D eigenvalue weighted by Gasteiger charge is 2.08. The van der Waals surface area contributed by atoms with Crippen molar-refractivity contribution in [3.8, 4) is 0 Å². The Kier molecular flexibility index (Phi) is 16.2. The molecule has 0 radical (unpaired) electrons. The summed E-state index contributed by atoms with van der Waals surface area (Å²) in [7, 11) is 0. The first-order valence-electron chi connectivity index (χ1n) is 9.72. The number of unbranched alkanes of at least 4 members (excludes halogenated alkanes) is 7. The van der Waals surface area contributed by atoms with Gasteiger partial charge in [0.05, 0.1) is 0 Å². The maximum absolute atomic E-state index is 11.5. The zero-order valence-electron chi connectivity index (χ0n) is 16.1. The number of esters is 2. The van der Waals surface area contributed by atoms with Crippen molar-refractivity contribution >= 4 is 11.9 Å². The van der Waals surface area contributed by atoms with Crippen LogP contribution in [0.25, 0.3) is 0 Å². The van der Waals surface area contributed by atoms with E-state index in [-0.39, 0.29) is 30.9 Å². The number of carbonyl (C=O) groups excluding carboxylic acids is 2. The number of hydrogen-bond acceptors (Lipinski definition) is 4. The minimum absolute atomic E-state index is 0.224. The second-order valence-corrected chi connectivity index (χ2v) is 6.35. The van der Waals surface area contributed by atoms with Crippen LogP contribution in [0.5, 0.6) is 0 Å². The second kappa shape index (κ2) is 17.2. The molecule has 0 aliphatic carbocycles. The molecule has 4 heteroatoms. The lowest BCUT2D eigenvalue weighted by Gasteiger charge is -2.08. The zero-order chi connectivity index (χ0) is 18.8. The van der Waals surface area contributed by atoms with Gasteiger partial charge >= 0.3 is 11.9 Å². The third kappa shape index (κ3) is 17.0. The van der Waals surface area contributed by atoms with Gasteiger partial charge in [0.1, 0.15) is 12.7 Å². The molecule has 0 spiro atoms. The average molecular weight is 353 g/mol. The summed E-state index contributed by atoms with van der Waals surface area (Å²) in [5.41, 5.74) is 0. The first-order chi connectivity index (χ1) is 12.1. The lowest BCUT2D eigenvalue weighted by Crippen LogP contribution is -2.13. The summed E-state index contributed by atoms with van der Waals surface area (Å²) in [6.07, 6.45) is 16.3. The number of rotatable bonds is 16. The van der Waals surface area contributed by atoms with E-state index in [1.165, 1.54) is 44.9 Å². The minimum atomic E-state index is -0.310. The van der Waals surface area contributed by atoms with Crippen molar-refractivity contribution in [1.82, 2.24) is 0 Å². The molecule has 0 aromatic carbocycles. The van der Waals surface area contributed by atoms with Crippen molar-refractivity contribution in [2.75, 3.05) is 6.61 Å². The van der Waals surface area contributed by atoms with Crippen molar-refractivity contribution in [3.05, 3.63) is 24.8 Å². The van der Waals surface area contributed by atoms with Gasteiger partial charge in [0.25, 0.3) is 0 Å². The summed E-state index contributed by atoms with van der Waals surface area (Å²) in [5.74, 6) is -0.583. The highest BCUT2D eigenvalue weighted by Crippen LogP contribution is 2.08. The Morgan fingerprint density at radius 3 is 2.24 bits per heavy atom. The Hall–Kier alpha value is -1.58. The Balaban J connectivity index is 3.45. The van der Waals surface area contributed by atoms with Gasteiger partial charge in [-0.15, -0.1) is 0 Å². The predicted octanol–water partition coefficient (Wildman–Crippen LogP) is 5.51. The van der Waals surface area contributed by atoms with Gasteiger partial charge in [-0.1, -0.05) is 70.3 Å². The number of carbonyl (C=O) groups is 2. The van der Waals surface area contributed by atoms with Crippen molar-refractivity contribution in [2.24, 2.45) is 0 Å². The number of allylic oxidation sites excluding steroid dienone is 1. The van der Waals surface area contributed by atoms with Crippen LogP contribution in [0.3, 0.4) is 0 Å². The van der Waals surface area contributed by atoms with E-state index in [1.807, 2.05) is 6.08 Å². The summed E-state index contributed by atoms with van der Waals surface area (Å²) in [6, 6.07) is 0. The fraction of sp³-hybridized carbons (Fsp3) is 0.714. The van der Waals surface area contributed by atoms with E-state index in [4.69, 9.17) is 9.47 Å². The quantitative estimate of drug-likeness (QED) is 0.209. The lowest BCUT2D eigenvalue weighted by atomic mass is 10.1. The Morgan fingerprint density at radius 2 is 1.56 bits per heavy atom. The lowest BCUT2D eigenvalue weighted by molar-refractivity contribution is -0.146. The van der Waals surface area contributed by atoms with E-state index in [9.17, 15) is 9.59 Å². The number of ether oxygens (including phenoxy) is 2. The van der Waals surface area contributed by atoms with Gasteiger partial charge in [-0.3, -0.25) is 9.59 Å². The standard InChI is InChI=1S/C21H36O4/c1-4-6-7-8-9-10-11-12-13-14-18-24-20(22)16-15-17-21(23)25-19(3)5-2/h5,13-14,19H,2,4,6-12,15-18H2,1,3H3/b14-13+. The monoisotopic (exact) mass is 352 g/mol. The second-order valence-electron chi connectivity index (χ2n) is 6.35. The first-order valence-corrected chi connectivity index (χ1v) is 9.72. The molecule has 4 nitrogen and oxygen atoms in total. The molecular formula is C21H36O4. The highest BCUT2D eigenvalue weighted by molar-refractivity contribution is 5.72. The molecule has 1 atom stereocenters. The van der Waals surface area contributed by atoms with Crippen LogP contribution in [0.2, 0.25) is 0 Å². The van der Waals surface area contributed by atoms with E-state index in [1.54, 1.807) is 13.0 Å². The van der Waals surface area contributed by atoms with Crippen LogP contribution in [0, 0.1) is 0 Å². The molecule has 0 bridgehead atoms. The Labute approximate surface area is 153 Å². The molecule has 25 heavy (non-hydrogen) atoms. The Morgan fingerprint density at radius 1 is 0.920 bits per heavy atom. The van der Waals surface area contributed by atoms with Crippen LogP contribution < -0.4 is 0 Å². The van der Waals surface area contributed by atoms with E-state index >= 15 is 0 Å². The molecule has 0 aliphatic rings. The summed E-state index contributed by atoms with van der Waals surface area (Å²) < 4.78 is 10.1. The summed E-state index contributed by atoms with van der Waals surface area (Å²) >= 11 is 0. The fourth-order valence-electron chi connectivity index (χ4n) is 2.31. The van der Waals surface area contributed by atoms with Crippen molar-refractivity contribution in [2.45, 2.75) is 90.6 Å². The van der Waals surface area contributed by atoms with E-state index in [0.29, 0.717) is 13.0 Å². The van der Waals surface area contributed by atoms with Crippen LogP contribution >= 0.6 is 0 Å². The molecule has 1 unspecified atom stereocenters. The maximum atomic E-state index is 11.5. The average Bonchev–Trinajstić information content (AvgIpc) is 2.59. The summed E-state index contributed by atoms with van der Waals surface area (Å²) in [5, 5.41) is 0. The maximum Gasteiger partial charge on any atom is 0.306 e. The van der Waals surface area contributed by atoms with Gasteiger partial charge in [0.2, 0.25) is 0 Å². The smallest absolute Gasteiger partial charge is 0.306 e. The fourth-order valence-corrected chi connectivity index (χ4v) is 2.31. The molecule has 0 rings (SSSR count). The molecule has 0 fully saturated rings. The molecule has 0 aromatic heterocycles. The molecule has 0 N–H and O–H groups in total. The van der Waals surface area contributed by atoms with E-state index in [2.05, 4.69) is 19.6 Å². The van der Waals surface area contributed by atoms with Crippen LogP contribution in [-0.4, -0.2) is 24.6 Å². The van der Waals surface area contributed by atoms with Gasteiger partial charge in [-0.05, 0) is 26.2 Å². The van der Waals surface area contributed by atoms with Crippen molar-refractivity contribution in [1.29, 1.82) is 0 Å². The molecular weight excluding hydrogens is 316 g/mol. The molecule has 0 heterocycles. The first kappa shape index (κ1) is 23.4. The Bertz CT molecular complexity index is 387. The normalized spacial score (nSPS) is 12.1. The van der Waals surface area contributed by atoms with Gasteiger partial charge in [-0.25, -0.2) is 0 Å². The van der Waals surface area contributed by atoms with E-state index < -0.39 is 0 Å². The van der Waals surface area contributed by atoms with Gasteiger partial charge in [0.15, 0.2) is 0 Å². The molecule has 0 saturated heterocycles. The summed E-state index contributed by atoms with van der Waals surface area (Å²) in [4.78, 5) is 23.0. The van der Waals surface area contributed by atoms with Crippen molar-refractivity contribution < 1.29 is 19.1 Å². The predicted molar refractivity (Wildman–Crippen MR) is 102 cm³/mol. The third-order valence-electron chi connectivity index (χ3n) is 3.89. The van der Waals surface area contributed by atoms with Gasteiger partial charge < -0.3 is 9.47 Å². The van der Waals surface area contributed by atoms with Crippen LogP contribution in [0.1, 0.15) is 84.5 Å². The number of hydrogen-bond donors (Lipinski definition) is 0. The van der Waals surface area contributed by atoms with Crippen molar-refractivity contribution in [3.63, 3.8) is 0 Å². The molecule has 0 amide bonds. The highest BCUT2D eigenvalue weighted by atomic mass is 16.5. The van der Waals surface area contributed by atoms with Crippen LogP contribution in [0.15, 0.2) is 24.8 Å². The third-order valence-corrected chi connectivity index (χ3v) is 3.89. The minimum Gasteiger partial charge on any atom is -0.461 e. The summed E-state index contributed by atoms with van der Waals surface area (Å²) in [6.45, 7) is 7.84. The topological polar surface area (TPSA) is 52.6 Å². The molecule has 144 valence electrons. The SMILES string of the molecule is C=CC(C)OC(=O)CCCC(=O)OC/C=C/CCCCCCCCC. The van der Waals surface area contributed by atoms with Crippen LogP contribution in [0.4, 0.5) is 0 Å².